The van der Waals surface area contributed by atoms with E-state index in [1.54, 1.807) is 13.0 Å². The van der Waals surface area contributed by atoms with Crippen LogP contribution in [-0.4, -0.2) is 13.1 Å². The third-order valence-electron chi connectivity index (χ3n) is 3.61. The van der Waals surface area contributed by atoms with E-state index in [0.717, 1.165) is 17.2 Å². The van der Waals surface area contributed by atoms with Gasteiger partial charge in [-0.1, -0.05) is 17.7 Å². The third-order valence-corrected chi connectivity index (χ3v) is 3.61. The fraction of sp³-hybridized carbons (Fsp3) is 0.400. The number of benzene rings is 1. The minimum atomic E-state index is -4.32. The van der Waals surface area contributed by atoms with Gasteiger partial charge in [-0.15, -0.1) is 0 Å². The van der Waals surface area contributed by atoms with Crippen molar-refractivity contribution in [1.82, 2.24) is 0 Å². The molecule has 0 fully saturated rings. The number of carbonyl (C=O) groups is 1. The van der Waals surface area contributed by atoms with Gasteiger partial charge in [0.1, 0.15) is 0 Å². The second-order valence-corrected chi connectivity index (χ2v) is 4.88. The molecule has 0 aromatic heterocycles. The Kier molecular flexibility index (Phi) is 3.88. The first kappa shape index (κ1) is 14.6. The lowest BCUT2D eigenvalue weighted by atomic mass is 9.85. The topological polar surface area (TPSA) is 26.3 Å². The fourth-order valence-corrected chi connectivity index (χ4v) is 2.36. The molecule has 1 aromatic rings. The van der Waals surface area contributed by atoms with Crippen LogP contribution in [0.15, 0.2) is 23.8 Å². The highest BCUT2D eigenvalue weighted by molar-refractivity contribution is 5.78. The largest absolute Gasteiger partial charge is 0.469 e. The van der Waals surface area contributed by atoms with E-state index in [-0.39, 0.29) is 11.9 Å². The van der Waals surface area contributed by atoms with Crippen molar-refractivity contribution < 1.29 is 22.7 Å². The Morgan fingerprint density at radius 1 is 1.30 bits per heavy atom. The van der Waals surface area contributed by atoms with Gasteiger partial charge in [0.15, 0.2) is 0 Å². The summed E-state index contributed by atoms with van der Waals surface area (Å²) >= 11 is 0. The second kappa shape index (κ2) is 5.31. The summed E-state index contributed by atoms with van der Waals surface area (Å²) < 4.78 is 42.6. The Bertz CT molecular complexity index is 559. The Balaban J connectivity index is 2.31. The van der Waals surface area contributed by atoms with Crippen LogP contribution in [0.4, 0.5) is 13.2 Å². The van der Waals surface area contributed by atoms with Gasteiger partial charge in [-0.25, -0.2) is 0 Å². The quantitative estimate of drug-likeness (QED) is 0.771. The van der Waals surface area contributed by atoms with Crippen LogP contribution >= 0.6 is 0 Å². The number of rotatable bonds is 2. The van der Waals surface area contributed by atoms with Crippen molar-refractivity contribution in [3.05, 3.63) is 40.5 Å². The number of halogens is 3. The van der Waals surface area contributed by atoms with E-state index in [1.807, 2.05) is 0 Å². The van der Waals surface area contributed by atoms with Crippen LogP contribution in [0, 0.1) is 5.92 Å². The summed E-state index contributed by atoms with van der Waals surface area (Å²) in [5.74, 6) is -0.693. The van der Waals surface area contributed by atoms with Crippen molar-refractivity contribution in [2.45, 2.75) is 25.9 Å². The second-order valence-electron chi connectivity index (χ2n) is 4.88. The van der Waals surface area contributed by atoms with Crippen molar-refractivity contribution in [3.8, 4) is 0 Å². The molecule has 0 saturated carbocycles. The normalized spacial score (nSPS) is 16.1. The Morgan fingerprint density at radius 3 is 2.60 bits per heavy atom. The number of ether oxygens (including phenoxy) is 1. The maximum atomic E-state index is 12.6. The lowest BCUT2D eigenvalue weighted by molar-refractivity contribution is -0.143. The summed E-state index contributed by atoms with van der Waals surface area (Å²) in [6, 6.07) is 3.72. The molecule has 1 aromatic carbocycles. The highest BCUT2D eigenvalue weighted by Gasteiger charge is 2.31. The van der Waals surface area contributed by atoms with Gasteiger partial charge in [0, 0.05) is 0 Å². The Labute approximate surface area is 115 Å². The van der Waals surface area contributed by atoms with Gasteiger partial charge >= 0.3 is 12.1 Å². The minimum Gasteiger partial charge on any atom is -0.469 e. The number of fused-ring (bicyclic) bond motifs is 1. The average Bonchev–Trinajstić information content (AvgIpc) is 2.43. The van der Waals surface area contributed by atoms with Crippen LogP contribution in [-0.2, 0) is 22.1 Å². The molecule has 2 rings (SSSR count). The fourth-order valence-electron chi connectivity index (χ4n) is 2.36. The molecule has 0 N–H and O–H groups in total. The van der Waals surface area contributed by atoms with Crippen LogP contribution in [0.25, 0.3) is 6.08 Å². The molecule has 1 aliphatic rings. The molecule has 0 radical (unpaired) electrons. The van der Waals surface area contributed by atoms with Gasteiger partial charge in [-0.2, -0.15) is 13.2 Å². The SMILES string of the molecule is COC(=O)C(C)C1=Cc2ccc(C(F)(F)F)cc2CC1. The van der Waals surface area contributed by atoms with Crippen molar-refractivity contribution in [1.29, 1.82) is 0 Å². The zero-order valence-corrected chi connectivity index (χ0v) is 11.3. The third kappa shape index (κ3) is 2.86. The lowest BCUT2D eigenvalue weighted by Gasteiger charge is -2.21. The zero-order chi connectivity index (χ0) is 14.9. The molecule has 5 heteroatoms. The molecule has 0 saturated heterocycles. The molecule has 0 aliphatic heterocycles. The predicted molar refractivity (Wildman–Crippen MR) is 68.9 cm³/mol. The number of carbonyl (C=O) groups excluding carboxylic acids is 1. The van der Waals surface area contributed by atoms with Gasteiger partial charge in [-0.05, 0) is 43.0 Å². The molecule has 1 unspecified atom stereocenters. The first-order chi connectivity index (χ1) is 9.32. The monoisotopic (exact) mass is 284 g/mol. The molecule has 0 bridgehead atoms. The van der Waals surface area contributed by atoms with Crippen LogP contribution < -0.4 is 0 Å². The summed E-state index contributed by atoms with van der Waals surface area (Å²) in [5.41, 5.74) is 1.67. The molecule has 108 valence electrons. The van der Waals surface area contributed by atoms with Gasteiger partial charge < -0.3 is 4.74 Å². The average molecular weight is 284 g/mol. The summed E-state index contributed by atoms with van der Waals surface area (Å²) in [5, 5.41) is 0. The maximum Gasteiger partial charge on any atom is 0.416 e. The number of hydrogen-bond donors (Lipinski definition) is 0. The number of esters is 1. The van der Waals surface area contributed by atoms with Crippen molar-refractivity contribution in [3.63, 3.8) is 0 Å². The smallest absolute Gasteiger partial charge is 0.416 e. The Hall–Kier alpha value is -1.78. The molecule has 0 heterocycles. The van der Waals surface area contributed by atoms with Crippen molar-refractivity contribution in [2.24, 2.45) is 5.92 Å². The van der Waals surface area contributed by atoms with Crippen LogP contribution in [0.3, 0.4) is 0 Å². The molecule has 1 aliphatic carbocycles. The highest BCUT2D eigenvalue weighted by atomic mass is 19.4. The van der Waals surface area contributed by atoms with E-state index in [1.165, 1.54) is 19.2 Å². The number of methoxy groups -OCH3 is 1. The van der Waals surface area contributed by atoms with E-state index in [0.29, 0.717) is 18.4 Å². The number of aryl methyl sites for hydroxylation is 1. The summed E-state index contributed by atoms with van der Waals surface area (Å²) in [4.78, 5) is 11.5. The van der Waals surface area contributed by atoms with Crippen LogP contribution in [0.2, 0.25) is 0 Å². The first-order valence-corrected chi connectivity index (χ1v) is 6.31. The van der Waals surface area contributed by atoms with E-state index < -0.39 is 11.7 Å². The zero-order valence-electron chi connectivity index (χ0n) is 11.3. The molecule has 0 spiro atoms. The summed E-state index contributed by atoms with van der Waals surface area (Å²) in [6.07, 6.45) is -1.45. The molecular weight excluding hydrogens is 269 g/mol. The molecule has 20 heavy (non-hydrogen) atoms. The summed E-state index contributed by atoms with van der Waals surface area (Å²) in [6.45, 7) is 1.74. The van der Waals surface area contributed by atoms with E-state index >= 15 is 0 Å². The van der Waals surface area contributed by atoms with Crippen LogP contribution in [0.1, 0.15) is 30.0 Å². The Morgan fingerprint density at radius 2 is 2.00 bits per heavy atom. The molecule has 2 nitrogen and oxygen atoms in total. The summed E-state index contributed by atoms with van der Waals surface area (Å²) in [7, 11) is 1.33. The van der Waals surface area contributed by atoms with Gasteiger partial charge in [0.2, 0.25) is 0 Å². The maximum absolute atomic E-state index is 12.6. The van der Waals surface area contributed by atoms with Crippen molar-refractivity contribution >= 4 is 12.0 Å². The van der Waals surface area contributed by atoms with Crippen molar-refractivity contribution in [2.75, 3.05) is 7.11 Å². The van der Waals surface area contributed by atoms with Gasteiger partial charge in [0.05, 0.1) is 18.6 Å². The molecule has 1 atom stereocenters. The number of hydrogen-bond acceptors (Lipinski definition) is 2. The van der Waals surface area contributed by atoms with Gasteiger partial charge in [0.25, 0.3) is 0 Å². The predicted octanol–water partition coefficient (Wildman–Crippen LogP) is 3.84. The lowest BCUT2D eigenvalue weighted by Crippen LogP contribution is -2.17. The molecular formula is C15H15F3O2. The highest BCUT2D eigenvalue weighted by Crippen LogP contribution is 2.34. The van der Waals surface area contributed by atoms with E-state index in [9.17, 15) is 18.0 Å². The van der Waals surface area contributed by atoms with Gasteiger partial charge in [-0.3, -0.25) is 4.79 Å². The van der Waals surface area contributed by atoms with E-state index in [4.69, 9.17) is 0 Å². The number of alkyl halides is 3. The van der Waals surface area contributed by atoms with E-state index in [2.05, 4.69) is 4.74 Å². The minimum absolute atomic E-state index is 0.327. The standard InChI is InChI=1S/C15H15F3O2/c1-9(14(19)20-2)10-3-4-12-8-13(15(16,17)18)6-5-11(12)7-10/h5-9H,3-4H2,1-2H3. The van der Waals surface area contributed by atoms with Crippen LogP contribution in [0.5, 0.6) is 0 Å². The molecule has 0 amide bonds. The first-order valence-electron chi connectivity index (χ1n) is 6.31.